The van der Waals surface area contributed by atoms with E-state index < -0.39 is 0 Å². The van der Waals surface area contributed by atoms with Crippen LogP contribution in [0.1, 0.15) is 0 Å². The molecule has 0 radical (unpaired) electrons. The molecule has 0 spiro atoms. The van der Waals surface area contributed by atoms with Crippen molar-refractivity contribution >= 4 is 17.0 Å². The number of nitrogens with zero attached hydrogens (tertiary/aromatic N) is 2. The topological polar surface area (TPSA) is 17.3 Å². The van der Waals surface area contributed by atoms with E-state index in [0.717, 1.165) is 16.2 Å². The van der Waals surface area contributed by atoms with Gasteiger partial charge in [-0.1, -0.05) is 36.4 Å². The van der Waals surface area contributed by atoms with Gasteiger partial charge in [-0.15, -0.1) is 17.9 Å². The molecule has 0 saturated carbocycles. The van der Waals surface area contributed by atoms with Crippen LogP contribution in [-0.2, 0) is 6.54 Å². The lowest BCUT2D eigenvalue weighted by atomic mass is 10.1. The van der Waals surface area contributed by atoms with Crippen molar-refractivity contribution < 1.29 is 4.39 Å². The van der Waals surface area contributed by atoms with Gasteiger partial charge in [-0.05, 0) is 24.3 Å². The Morgan fingerprint density at radius 2 is 1.82 bits per heavy atom. The molecular weight excluding hydrogens is 295 g/mol. The number of thiazole rings is 1. The number of halogens is 1. The summed E-state index contributed by atoms with van der Waals surface area (Å²) in [6, 6.07) is 16.5. The minimum absolute atomic E-state index is 0.232. The molecule has 4 heteroatoms. The number of hydrogen-bond acceptors (Lipinski definition) is 2. The Labute approximate surface area is 132 Å². The summed E-state index contributed by atoms with van der Waals surface area (Å²) in [5.74, 6) is -0.232. The van der Waals surface area contributed by atoms with E-state index in [9.17, 15) is 4.39 Å². The predicted octanol–water partition coefficient (Wildman–Crippen LogP) is 4.77. The minimum atomic E-state index is -0.232. The van der Waals surface area contributed by atoms with Crippen molar-refractivity contribution in [2.24, 2.45) is 4.99 Å². The van der Waals surface area contributed by atoms with Gasteiger partial charge in [-0.25, -0.2) is 9.38 Å². The molecule has 2 nitrogen and oxygen atoms in total. The third-order valence-electron chi connectivity index (χ3n) is 3.24. The van der Waals surface area contributed by atoms with Crippen LogP contribution in [0, 0.1) is 5.82 Å². The lowest BCUT2D eigenvalue weighted by Gasteiger charge is -2.07. The van der Waals surface area contributed by atoms with Gasteiger partial charge in [0.05, 0.1) is 11.4 Å². The fourth-order valence-corrected chi connectivity index (χ4v) is 3.15. The second-order valence-electron chi connectivity index (χ2n) is 4.73. The van der Waals surface area contributed by atoms with Crippen LogP contribution in [0.2, 0.25) is 0 Å². The van der Waals surface area contributed by atoms with Crippen LogP contribution in [0.25, 0.3) is 11.3 Å². The zero-order valence-electron chi connectivity index (χ0n) is 11.9. The maximum Gasteiger partial charge on any atom is 0.190 e. The van der Waals surface area contributed by atoms with Crippen LogP contribution in [0.3, 0.4) is 0 Å². The summed E-state index contributed by atoms with van der Waals surface area (Å²) < 4.78 is 16.0. The fourth-order valence-electron chi connectivity index (χ4n) is 2.22. The van der Waals surface area contributed by atoms with Gasteiger partial charge < -0.3 is 4.57 Å². The van der Waals surface area contributed by atoms with Crippen molar-refractivity contribution in [3.8, 4) is 11.3 Å². The molecule has 0 aliphatic rings. The van der Waals surface area contributed by atoms with E-state index in [2.05, 4.69) is 11.6 Å². The Kier molecular flexibility index (Phi) is 4.30. The molecule has 0 atom stereocenters. The summed E-state index contributed by atoms with van der Waals surface area (Å²) in [6.45, 7) is 4.37. The molecule has 22 heavy (non-hydrogen) atoms. The van der Waals surface area contributed by atoms with Gasteiger partial charge in [-0.3, -0.25) is 0 Å². The van der Waals surface area contributed by atoms with Gasteiger partial charge in [0.25, 0.3) is 0 Å². The zero-order chi connectivity index (χ0) is 15.4. The van der Waals surface area contributed by atoms with Crippen molar-refractivity contribution in [3.63, 3.8) is 0 Å². The Balaban J connectivity index is 2.16. The molecule has 0 aliphatic carbocycles. The van der Waals surface area contributed by atoms with Crippen molar-refractivity contribution in [1.29, 1.82) is 0 Å². The average Bonchev–Trinajstić information content (AvgIpc) is 2.92. The van der Waals surface area contributed by atoms with E-state index in [1.807, 2.05) is 46.3 Å². The second kappa shape index (κ2) is 6.54. The summed E-state index contributed by atoms with van der Waals surface area (Å²) in [6.07, 6.45) is 1.79. The summed E-state index contributed by atoms with van der Waals surface area (Å²) in [4.78, 5) is 5.47. The number of aromatic nitrogens is 1. The minimum Gasteiger partial charge on any atom is -0.313 e. The van der Waals surface area contributed by atoms with E-state index in [1.54, 1.807) is 18.2 Å². The molecule has 110 valence electrons. The van der Waals surface area contributed by atoms with Crippen molar-refractivity contribution in [2.45, 2.75) is 6.54 Å². The van der Waals surface area contributed by atoms with Gasteiger partial charge in [0.2, 0.25) is 0 Å². The van der Waals surface area contributed by atoms with Crippen LogP contribution in [0.4, 0.5) is 10.1 Å². The first-order chi connectivity index (χ1) is 10.8. The standard InChI is InChI=1S/C18H15FN2S/c1-2-12-21-17(15-10-6-7-11-16(15)19)13-22-18(21)20-14-8-4-3-5-9-14/h2-11,13H,1,12H2. The number of hydrogen-bond donors (Lipinski definition) is 0. The van der Waals surface area contributed by atoms with Crippen molar-refractivity contribution in [2.75, 3.05) is 0 Å². The van der Waals surface area contributed by atoms with Gasteiger partial charge in [-0.2, -0.15) is 0 Å². The summed E-state index contributed by atoms with van der Waals surface area (Å²) in [5, 5.41) is 1.93. The van der Waals surface area contributed by atoms with Crippen LogP contribution in [0.5, 0.6) is 0 Å². The van der Waals surface area contributed by atoms with Crippen LogP contribution >= 0.6 is 11.3 Å². The monoisotopic (exact) mass is 310 g/mol. The number of rotatable bonds is 4. The maximum atomic E-state index is 14.1. The van der Waals surface area contributed by atoms with E-state index >= 15 is 0 Å². The molecule has 0 saturated heterocycles. The number of benzene rings is 2. The van der Waals surface area contributed by atoms with E-state index in [0.29, 0.717) is 12.1 Å². The Morgan fingerprint density at radius 1 is 1.09 bits per heavy atom. The van der Waals surface area contributed by atoms with Gasteiger partial charge in [0.15, 0.2) is 4.80 Å². The first-order valence-electron chi connectivity index (χ1n) is 6.93. The van der Waals surface area contributed by atoms with E-state index in [-0.39, 0.29) is 5.82 Å². The Bertz CT molecular complexity index is 847. The highest BCUT2D eigenvalue weighted by Gasteiger charge is 2.10. The molecule has 3 aromatic rings. The maximum absolute atomic E-state index is 14.1. The highest BCUT2D eigenvalue weighted by molar-refractivity contribution is 7.07. The largest absolute Gasteiger partial charge is 0.313 e. The molecule has 0 N–H and O–H groups in total. The fraction of sp³-hybridized carbons (Fsp3) is 0.0556. The number of para-hydroxylation sites is 1. The zero-order valence-corrected chi connectivity index (χ0v) is 12.8. The van der Waals surface area contributed by atoms with Gasteiger partial charge in [0, 0.05) is 17.5 Å². The normalized spacial score (nSPS) is 11.6. The third kappa shape index (κ3) is 2.92. The number of allylic oxidation sites excluding steroid dienone is 1. The molecule has 3 rings (SSSR count). The highest BCUT2D eigenvalue weighted by Crippen LogP contribution is 2.23. The SMILES string of the molecule is C=CCn1c(-c2ccccc2F)csc1=Nc1ccccc1. The van der Waals surface area contributed by atoms with Crippen molar-refractivity contribution in [1.82, 2.24) is 4.57 Å². The second-order valence-corrected chi connectivity index (χ2v) is 5.57. The predicted molar refractivity (Wildman–Crippen MR) is 89.6 cm³/mol. The van der Waals surface area contributed by atoms with Crippen LogP contribution in [-0.4, -0.2) is 4.57 Å². The molecule has 2 aromatic carbocycles. The van der Waals surface area contributed by atoms with E-state index in [1.165, 1.54) is 17.4 Å². The molecule has 0 unspecified atom stereocenters. The van der Waals surface area contributed by atoms with Gasteiger partial charge >= 0.3 is 0 Å². The molecule has 0 fully saturated rings. The Hall–Kier alpha value is -2.46. The molecule has 1 heterocycles. The molecular formula is C18H15FN2S. The lowest BCUT2D eigenvalue weighted by Crippen LogP contribution is -2.15. The van der Waals surface area contributed by atoms with Crippen molar-refractivity contribution in [3.05, 3.63) is 83.3 Å². The lowest BCUT2D eigenvalue weighted by molar-refractivity contribution is 0.628. The molecule has 0 aliphatic heterocycles. The summed E-state index contributed by atoms with van der Waals surface area (Å²) in [5.41, 5.74) is 2.27. The smallest absolute Gasteiger partial charge is 0.190 e. The summed E-state index contributed by atoms with van der Waals surface area (Å²) in [7, 11) is 0. The van der Waals surface area contributed by atoms with Crippen LogP contribution in [0.15, 0.2) is 77.6 Å². The summed E-state index contributed by atoms with van der Waals surface area (Å²) >= 11 is 1.50. The first-order valence-corrected chi connectivity index (χ1v) is 7.81. The molecule has 0 bridgehead atoms. The third-order valence-corrected chi connectivity index (χ3v) is 4.10. The van der Waals surface area contributed by atoms with E-state index in [4.69, 9.17) is 0 Å². The van der Waals surface area contributed by atoms with Crippen LogP contribution < -0.4 is 4.80 Å². The Morgan fingerprint density at radius 3 is 2.55 bits per heavy atom. The average molecular weight is 310 g/mol. The quantitative estimate of drug-likeness (QED) is 0.617. The highest BCUT2D eigenvalue weighted by atomic mass is 32.1. The molecule has 1 aromatic heterocycles. The van der Waals surface area contributed by atoms with Gasteiger partial charge in [0.1, 0.15) is 5.82 Å². The molecule has 0 amide bonds. The first kappa shape index (κ1) is 14.5.